The summed E-state index contributed by atoms with van der Waals surface area (Å²) < 4.78 is 51.2. The number of rotatable bonds is 4. The molecule has 0 spiro atoms. The highest BCUT2D eigenvalue weighted by atomic mass is 35.5. The Morgan fingerprint density at radius 3 is 2.20 bits per heavy atom. The molecular formula is C8H11ClF4N2. The van der Waals surface area contributed by atoms with E-state index in [2.05, 4.69) is 5.32 Å². The lowest BCUT2D eigenvalue weighted by atomic mass is 9.94. The Morgan fingerprint density at radius 1 is 1.27 bits per heavy atom. The molecule has 0 saturated heterocycles. The highest BCUT2D eigenvalue weighted by molar-refractivity contribution is 6.32. The number of nitrogens with one attached hydrogen (secondary N) is 1. The Morgan fingerprint density at radius 2 is 1.80 bits per heavy atom. The molecule has 0 bridgehead atoms. The monoisotopic (exact) mass is 246 g/mol. The molecule has 1 rings (SSSR count). The second-order valence-corrected chi connectivity index (χ2v) is 3.71. The molecule has 7 heteroatoms. The van der Waals surface area contributed by atoms with Gasteiger partial charge >= 0.3 is 11.8 Å². The van der Waals surface area contributed by atoms with Gasteiger partial charge in [0, 0.05) is 20.1 Å². The van der Waals surface area contributed by atoms with Gasteiger partial charge in [-0.15, -0.1) is 0 Å². The van der Waals surface area contributed by atoms with E-state index >= 15 is 0 Å². The Labute approximate surface area is 89.9 Å². The highest BCUT2D eigenvalue weighted by Crippen LogP contribution is 2.57. The molecule has 0 aromatic carbocycles. The first-order valence-electron chi connectivity index (χ1n) is 4.29. The molecule has 0 aromatic rings. The zero-order valence-electron chi connectivity index (χ0n) is 8.25. The summed E-state index contributed by atoms with van der Waals surface area (Å²) in [6.07, 6.45) is 0. The third kappa shape index (κ3) is 1.69. The van der Waals surface area contributed by atoms with Gasteiger partial charge in [-0.25, -0.2) is 0 Å². The average Bonchev–Trinajstić information content (AvgIpc) is 2.14. The molecular weight excluding hydrogens is 236 g/mol. The van der Waals surface area contributed by atoms with Crippen LogP contribution in [0.4, 0.5) is 17.6 Å². The van der Waals surface area contributed by atoms with Crippen LogP contribution < -0.4 is 5.32 Å². The lowest BCUT2D eigenvalue weighted by Gasteiger charge is -2.42. The van der Waals surface area contributed by atoms with Gasteiger partial charge in [-0.1, -0.05) is 11.6 Å². The smallest absolute Gasteiger partial charge is 0.356 e. The number of halogens is 5. The molecule has 0 saturated carbocycles. The van der Waals surface area contributed by atoms with Crippen LogP contribution in [0, 0.1) is 0 Å². The number of nitrogens with zero attached hydrogens (tertiary/aromatic N) is 1. The number of likely N-dealkylation sites (N-methyl/N-ethyl adjacent to an activating group) is 2. The summed E-state index contributed by atoms with van der Waals surface area (Å²) in [6.45, 7) is 0.597. The molecule has 0 atom stereocenters. The number of hydrogen-bond acceptors (Lipinski definition) is 2. The molecule has 15 heavy (non-hydrogen) atoms. The molecule has 0 fully saturated rings. The highest BCUT2D eigenvalue weighted by Gasteiger charge is 2.72. The summed E-state index contributed by atoms with van der Waals surface area (Å²) in [5.74, 6) is -8.38. The fourth-order valence-electron chi connectivity index (χ4n) is 1.31. The Balaban J connectivity index is 2.83. The molecule has 0 aromatic heterocycles. The summed E-state index contributed by atoms with van der Waals surface area (Å²) in [5, 5.41) is 1.66. The predicted octanol–water partition coefficient (Wildman–Crippen LogP) is 1.87. The van der Waals surface area contributed by atoms with E-state index in [9.17, 15) is 17.6 Å². The molecule has 0 unspecified atom stereocenters. The van der Waals surface area contributed by atoms with Crippen LogP contribution in [0.1, 0.15) is 0 Å². The zero-order valence-corrected chi connectivity index (χ0v) is 9.01. The fraction of sp³-hybridized carbons (Fsp3) is 0.750. The normalized spacial score (nSPS) is 22.6. The van der Waals surface area contributed by atoms with Crippen LogP contribution >= 0.6 is 11.6 Å². The SMILES string of the molecule is CNCCN(C)C1=C(Cl)C(F)(F)C1(F)F. The second kappa shape index (κ2) is 3.83. The van der Waals surface area contributed by atoms with Crippen molar-refractivity contribution >= 4 is 11.6 Å². The van der Waals surface area contributed by atoms with Gasteiger partial charge in [0.25, 0.3) is 0 Å². The maximum absolute atomic E-state index is 13.0. The van der Waals surface area contributed by atoms with E-state index in [0.29, 0.717) is 6.54 Å². The maximum atomic E-state index is 13.0. The number of alkyl halides is 4. The van der Waals surface area contributed by atoms with E-state index in [1.165, 1.54) is 7.05 Å². The van der Waals surface area contributed by atoms with E-state index < -0.39 is 22.6 Å². The van der Waals surface area contributed by atoms with Gasteiger partial charge in [0.2, 0.25) is 0 Å². The molecule has 0 amide bonds. The van der Waals surface area contributed by atoms with Crippen molar-refractivity contribution in [3.63, 3.8) is 0 Å². The Hall–Kier alpha value is -0.490. The van der Waals surface area contributed by atoms with E-state index in [1.54, 1.807) is 7.05 Å². The summed E-state index contributed by atoms with van der Waals surface area (Å²) >= 11 is 5.15. The van der Waals surface area contributed by atoms with Crippen molar-refractivity contribution in [2.24, 2.45) is 0 Å². The van der Waals surface area contributed by atoms with Crippen LogP contribution in [0.15, 0.2) is 10.7 Å². The van der Waals surface area contributed by atoms with Crippen molar-refractivity contribution in [2.45, 2.75) is 11.8 Å². The van der Waals surface area contributed by atoms with Crippen molar-refractivity contribution in [3.05, 3.63) is 10.7 Å². The van der Waals surface area contributed by atoms with Gasteiger partial charge in [0.1, 0.15) is 10.7 Å². The summed E-state index contributed by atoms with van der Waals surface area (Å²) in [6, 6.07) is 0. The van der Waals surface area contributed by atoms with Gasteiger partial charge in [0.05, 0.1) is 0 Å². The summed E-state index contributed by atoms with van der Waals surface area (Å²) in [5.41, 5.74) is -0.788. The third-order valence-corrected chi connectivity index (χ3v) is 2.67. The summed E-state index contributed by atoms with van der Waals surface area (Å²) in [4.78, 5) is 1.04. The quantitative estimate of drug-likeness (QED) is 0.762. The van der Waals surface area contributed by atoms with Crippen LogP contribution in [0.3, 0.4) is 0 Å². The molecule has 1 aliphatic carbocycles. The van der Waals surface area contributed by atoms with Gasteiger partial charge in [-0.3, -0.25) is 0 Å². The van der Waals surface area contributed by atoms with E-state index in [0.717, 1.165) is 4.90 Å². The van der Waals surface area contributed by atoms with Crippen LogP contribution in [-0.2, 0) is 0 Å². The molecule has 0 radical (unpaired) electrons. The van der Waals surface area contributed by atoms with Crippen molar-refractivity contribution in [1.29, 1.82) is 0 Å². The molecule has 1 aliphatic rings. The lowest BCUT2D eigenvalue weighted by molar-refractivity contribution is -0.197. The van der Waals surface area contributed by atoms with E-state index in [1.807, 2.05) is 0 Å². The first kappa shape index (κ1) is 12.6. The van der Waals surface area contributed by atoms with Crippen LogP contribution in [-0.4, -0.2) is 43.9 Å². The predicted molar refractivity (Wildman–Crippen MR) is 49.3 cm³/mol. The lowest BCUT2D eigenvalue weighted by Crippen LogP contribution is -2.57. The molecule has 2 nitrogen and oxygen atoms in total. The number of hydrogen-bond donors (Lipinski definition) is 1. The molecule has 1 N–H and O–H groups in total. The Bertz CT molecular complexity index is 290. The minimum atomic E-state index is -4.22. The molecule has 0 heterocycles. The first-order valence-corrected chi connectivity index (χ1v) is 4.66. The van der Waals surface area contributed by atoms with Crippen molar-refractivity contribution < 1.29 is 17.6 Å². The van der Waals surface area contributed by atoms with Crippen molar-refractivity contribution in [2.75, 3.05) is 27.2 Å². The zero-order chi connectivity index (χ0) is 11.9. The third-order valence-electron chi connectivity index (χ3n) is 2.25. The van der Waals surface area contributed by atoms with Gasteiger partial charge in [-0.05, 0) is 7.05 Å². The van der Waals surface area contributed by atoms with Crippen molar-refractivity contribution in [3.8, 4) is 0 Å². The van der Waals surface area contributed by atoms with E-state index in [-0.39, 0.29) is 6.54 Å². The molecule has 0 aliphatic heterocycles. The second-order valence-electron chi connectivity index (χ2n) is 3.34. The minimum Gasteiger partial charge on any atom is -0.370 e. The van der Waals surface area contributed by atoms with Crippen LogP contribution in [0.25, 0.3) is 0 Å². The van der Waals surface area contributed by atoms with Gasteiger partial charge in [-0.2, -0.15) is 17.6 Å². The largest absolute Gasteiger partial charge is 0.370 e. The first-order chi connectivity index (χ1) is 6.76. The topological polar surface area (TPSA) is 15.3 Å². The van der Waals surface area contributed by atoms with E-state index in [4.69, 9.17) is 11.6 Å². The van der Waals surface area contributed by atoms with Crippen LogP contribution in [0.2, 0.25) is 0 Å². The van der Waals surface area contributed by atoms with Gasteiger partial charge < -0.3 is 10.2 Å². The number of allylic oxidation sites excluding steroid dienone is 2. The fourth-order valence-corrected chi connectivity index (χ4v) is 1.69. The minimum absolute atomic E-state index is 0.188. The van der Waals surface area contributed by atoms with Crippen molar-refractivity contribution in [1.82, 2.24) is 10.2 Å². The Kier molecular flexibility index (Phi) is 3.21. The standard InChI is InChI=1S/C8H11ClF4N2/c1-14-3-4-15(2)6-5(9)7(10,11)8(6,12)13/h14H,3-4H2,1-2H3. The molecule has 88 valence electrons. The maximum Gasteiger partial charge on any atom is 0.356 e. The average molecular weight is 247 g/mol. The van der Waals surface area contributed by atoms with Crippen LogP contribution in [0.5, 0.6) is 0 Å². The van der Waals surface area contributed by atoms with Gasteiger partial charge in [0.15, 0.2) is 0 Å². The summed E-state index contributed by atoms with van der Waals surface area (Å²) in [7, 11) is 2.94.